The van der Waals surface area contributed by atoms with Gasteiger partial charge in [-0.1, -0.05) is 25.1 Å². The molecule has 0 aromatic heterocycles. The molecule has 246 valence electrons. The first kappa shape index (κ1) is 35.7. The molecule has 2 N–H and O–H groups in total. The number of anilines is 1. The van der Waals surface area contributed by atoms with Crippen LogP contribution in [0.4, 0.5) is 36.4 Å². The van der Waals surface area contributed by atoms with Crippen LogP contribution in [0.1, 0.15) is 44.2 Å². The number of aryl methyl sites for hydroxylation is 1. The van der Waals surface area contributed by atoms with Crippen LogP contribution in [0.3, 0.4) is 0 Å². The van der Waals surface area contributed by atoms with Crippen molar-refractivity contribution < 1.29 is 53.8 Å². The fraction of sp³-hybridized carbons (Fsp3) is 0.414. The Morgan fingerprint density at radius 3 is 2.27 bits per heavy atom. The molecule has 0 spiro atoms. The highest BCUT2D eigenvalue weighted by Crippen LogP contribution is 2.51. The van der Waals surface area contributed by atoms with Gasteiger partial charge in [-0.05, 0) is 68.3 Å². The molecule has 0 fully saturated rings. The van der Waals surface area contributed by atoms with Crippen molar-refractivity contribution in [2.75, 3.05) is 10.8 Å². The molecule has 2 aromatic carbocycles. The summed E-state index contributed by atoms with van der Waals surface area (Å²) < 4.78 is 123. The molecule has 45 heavy (non-hydrogen) atoms. The van der Waals surface area contributed by atoms with Crippen molar-refractivity contribution in [1.29, 1.82) is 0 Å². The average molecular weight is 666 g/mol. The molecule has 8 nitrogen and oxygen atoms in total. The van der Waals surface area contributed by atoms with Gasteiger partial charge in [-0.3, -0.25) is 18.9 Å². The normalized spacial score (nSPS) is 17.2. The third-order valence-electron chi connectivity index (χ3n) is 7.23. The number of aliphatic hydroxyl groups is 1. The number of aliphatic imine (C=N–C) groups is 1. The monoisotopic (exact) mass is 665 g/mol. The van der Waals surface area contributed by atoms with Crippen molar-refractivity contribution in [3.63, 3.8) is 0 Å². The molecule has 0 bridgehead atoms. The molecule has 0 radical (unpaired) electrons. The van der Waals surface area contributed by atoms with Gasteiger partial charge in [0.1, 0.15) is 12.1 Å². The summed E-state index contributed by atoms with van der Waals surface area (Å²) in [6.07, 6.45) is -9.11. The molecule has 1 aliphatic rings. The van der Waals surface area contributed by atoms with Gasteiger partial charge in [0, 0.05) is 24.1 Å². The molecule has 0 saturated carbocycles. The van der Waals surface area contributed by atoms with Crippen LogP contribution >= 0.6 is 0 Å². The Morgan fingerprint density at radius 2 is 1.73 bits per heavy atom. The number of hydrogen-bond acceptors (Lipinski definition) is 6. The largest absolute Gasteiger partial charge is 0.430 e. The maximum Gasteiger partial charge on any atom is 0.430 e. The Kier molecular flexibility index (Phi) is 10.9. The maximum atomic E-state index is 13.8. The number of fused-ring (bicyclic) bond motifs is 1. The summed E-state index contributed by atoms with van der Waals surface area (Å²) in [6.45, 7) is 3.31. The summed E-state index contributed by atoms with van der Waals surface area (Å²) >= 11 is 0. The number of hydrogen-bond donors (Lipinski definition) is 2. The van der Waals surface area contributed by atoms with Gasteiger partial charge in [0.05, 0.1) is 22.7 Å². The van der Waals surface area contributed by atoms with Crippen molar-refractivity contribution in [1.82, 2.24) is 5.32 Å². The maximum absolute atomic E-state index is 13.8. The number of halogens is 7. The third kappa shape index (κ3) is 7.54. The summed E-state index contributed by atoms with van der Waals surface area (Å²) in [5.74, 6) is -1.48. The second-order valence-electron chi connectivity index (χ2n) is 10.2. The second-order valence-corrected chi connectivity index (χ2v) is 12.0. The van der Waals surface area contributed by atoms with E-state index < -0.39 is 62.6 Å². The smallest absolute Gasteiger partial charge is 0.369 e. The molecule has 2 aromatic rings. The number of benzene rings is 2. The number of carbonyl (C=O) groups excluding carboxylic acids is 2. The van der Waals surface area contributed by atoms with Crippen LogP contribution in [0.25, 0.3) is 0 Å². The Hall–Kier alpha value is -3.79. The number of nitrogens with one attached hydrogen (secondary N) is 1. The first-order valence-electron chi connectivity index (χ1n) is 13.6. The molecular weight excluding hydrogens is 635 g/mol. The van der Waals surface area contributed by atoms with Gasteiger partial charge in [-0.2, -0.15) is 26.3 Å². The fourth-order valence-corrected chi connectivity index (χ4v) is 6.63. The predicted octanol–water partition coefficient (Wildman–Crippen LogP) is 5.15. The molecule has 2 atom stereocenters. The highest BCUT2D eigenvalue weighted by atomic mass is 32.2. The quantitative estimate of drug-likeness (QED) is 0.149. The van der Waals surface area contributed by atoms with Crippen LogP contribution in [0.2, 0.25) is 0 Å². The van der Waals surface area contributed by atoms with Gasteiger partial charge in [-0.25, -0.2) is 12.8 Å². The Labute approximate surface area is 254 Å². The summed E-state index contributed by atoms with van der Waals surface area (Å²) in [4.78, 5) is 28.2. The molecule has 2 unspecified atom stereocenters. The lowest BCUT2D eigenvalue weighted by Crippen LogP contribution is -2.54. The molecular formula is C29H30F7N3O5S. The van der Waals surface area contributed by atoms with Crippen molar-refractivity contribution in [3.05, 3.63) is 71.1 Å². The third-order valence-corrected chi connectivity index (χ3v) is 9.11. The first-order valence-corrected chi connectivity index (χ1v) is 15.0. The van der Waals surface area contributed by atoms with E-state index in [0.717, 1.165) is 24.3 Å². The number of alkyl halides is 6. The van der Waals surface area contributed by atoms with Gasteiger partial charge >= 0.3 is 12.4 Å². The van der Waals surface area contributed by atoms with Crippen molar-refractivity contribution in [3.8, 4) is 0 Å². The van der Waals surface area contributed by atoms with Gasteiger partial charge in [0.25, 0.3) is 15.6 Å². The highest BCUT2D eigenvalue weighted by Gasteiger charge is 2.71. The number of amides is 1. The van der Waals surface area contributed by atoms with E-state index in [9.17, 15) is 53.8 Å². The zero-order chi connectivity index (χ0) is 33.8. The Bertz CT molecular complexity index is 1540. The Morgan fingerprint density at radius 1 is 1.11 bits per heavy atom. The van der Waals surface area contributed by atoms with E-state index in [-0.39, 0.29) is 42.3 Å². The van der Waals surface area contributed by atoms with E-state index in [0.29, 0.717) is 35.2 Å². The summed E-state index contributed by atoms with van der Waals surface area (Å²) in [6, 6.07) is 3.47. The van der Waals surface area contributed by atoms with Crippen molar-refractivity contribution >= 4 is 34.1 Å². The lowest BCUT2D eigenvalue weighted by molar-refractivity contribution is -0.376. The van der Waals surface area contributed by atoms with Gasteiger partial charge in [-0.15, -0.1) is 0 Å². The van der Waals surface area contributed by atoms with E-state index >= 15 is 0 Å². The fourth-order valence-electron chi connectivity index (χ4n) is 4.91. The van der Waals surface area contributed by atoms with Crippen LogP contribution in [0.15, 0.2) is 64.0 Å². The van der Waals surface area contributed by atoms with Gasteiger partial charge < -0.3 is 10.4 Å². The summed E-state index contributed by atoms with van der Waals surface area (Å²) in [7, 11) is -4.66. The van der Waals surface area contributed by atoms with Gasteiger partial charge in [0.15, 0.2) is 0 Å². The highest BCUT2D eigenvalue weighted by molar-refractivity contribution is 7.92. The molecule has 1 aliphatic heterocycles. The van der Waals surface area contributed by atoms with Crippen molar-refractivity contribution in [2.45, 2.75) is 74.5 Å². The molecule has 16 heteroatoms. The van der Waals surface area contributed by atoms with Crippen LogP contribution in [-0.4, -0.2) is 62.9 Å². The SMILES string of the molecule is CC=NC(/C=C(\C=O)CNC(=O)CC1CCc2cc(C(O)(C(F)(F)F)C(F)(F)F)ccc2N1S(=O)(=O)c1ccc(F)cc1)CC. The second kappa shape index (κ2) is 13.7. The zero-order valence-electron chi connectivity index (χ0n) is 24.0. The summed E-state index contributed by atoms with van der Waals surface area (Å²) in [5.41, 5.74) is -7.21. The molecule has 1 heterocycles. The molecule has 0 aliphatic carbocycles. The topological polar surface area (TPSA) is 116 Å². The van der Waals surface area contributed by atoms with E-state index in [1.165, 1.54) is 0 Å². The van der Waals surface area contributed by atoms with Crippen molar-refractivity contribution in [2.24, 2.45) is 4.99 Å². The standard InChI is InChI=1S/C29H30F7N3O5S/c1-3-22(37-4-2)13-18(17-40)16-38-26(41)15-23-9-5-19-14-20(27(42,28(31,32)33)29(34,35)36)6-12-25(19)39(23)45(43,44)24-10-7-21(30)8-11-24/h4,6-8,10-14,17,22-23,42H,3,5,9,15-16H2,1-2H3,(H,38,41)/b18-13-,37-4?. The molecule has 3 rings (SSSR count). The number of aldehydes is 1. The predicted molar refractivity (Wildman–Crippen MR) is 151 cm³/mol. The zero-order valence-corrected chi connectivity index (χ0v) is 24.8. The lowest BCUT2D eigenvalue weighted by Gasteiger charge is -2.39. The van der Waals surface area contributed by atoms with E-state index in [1.807, 2.05) is 6.92 Å². The van der Waals surface area contributed by atoms with Crippen LogP contribution in [0.5, 0.6) is 0 Å². The minimum atomic E-state index is -6.16. The van der Waals surface area contributed by atoms with Gasteiger partial charge in [0.2, 0.25) is 5.91 Å². The number of nitrogens with zero attached hydrogens (tertiary/aromatic N) is 2. The van der Waals surface area contributed by atoms with Crippen LogP contribution in [-0.2, 0) is 31.6 Å². The lowest BCUT2D eigenvalue weighted by atomic mass is 9.87. The number of carbonyl (C=O) groups is 2. The Balaban J connectivity index is 2.03. The summed E-state index contributed by atoms with van der Waals surface area (Å²) in [5, 5.41) is 12.4. The van der Waals surface area contributed by atoms with E-state index in [4.69, 9.17) is 0 Å². The average Bonchev–Trinajstić information content (AvgIpc) is 2.96. The first-order chi connectivity index (χ1) is 20.9. The molecule has 0 saturated heterocycles. The number of sulfonamides is 1. The minimum absolute atomic E-state index is 0.194. The molecule has 1 amide bonds. The van der Waals surface area contributed by atoms with E-state index in [1.54, 1.807) is 19.2 Å². The van der Waals surface area contributed by atoms with Crippen LogP contribution < -0.4 is 9.62 Å². The van der Waals surface area contributed by atoms with Crippen LogP contribution in [0, 0.1) is 5.82 Å². The van der Waals surface area contributed by atoms with E-state index in [2.05, 4.69) is 10.3 Å². The minimum Gasteiger partial charge on any atom is -0.369 e. The number of rotatable bonds is 11.